The molecule has 2 heterocycles. The highest BCUT2D eigenvalue weighted by Crippen LogP contribution is 2.24. The fourth-order valence-corrected chi connectivity index (χ4v) is 2.31. The molecule has 106 valence electrons. The number of nitrogens with zero attached hydrogens (tertiary/aromatic N) is 2. The van der Waals surface area contributed by atoms with E-state index in [0.29, 0.717) is 29.8 Å². The van der Waals surface area contributed by atoms with Gasteiger partial charge in [0.15, 0.2) is 5.58 Å². The maximum Gasteiger partial charge on any atom is 0.295 e. The Labute approximate surface area is 115 Å². The number of non-ortho nitro benzene ring substituents is 1. The molecule has 1 aliphatic rings. The summed E-state index contributed by atoms with van der Waals surface area (Å²) in [5, 5.41) is 13.8. The topological polar surface area (TPSA) is 90.4 Å². The lowest BCUT2D eigenvalue weighted by molar-refractivity contribution is -0.384. The first-order valence-corrected chi connectivity index (χ1v) is 6.63. The van der Waals surface area contributed by atoms with Crippen molar-refractivity contribution in [2.45, 2.75) is 25.4 Å². The van der Waals surface area contributed by atoms with E-state index in [1.165, 1.54) is 12.1 Å². The van der Waals surface area contributed by atoms with Crippen LogP contribution in [0, 0.1) is 10.1 Å². The molecule has 20 heavy (non-hydrogen) atoms. The van der Waals surface area contributed by atoms with Gasteiger partial charge in [0.05, 0.1) is 17.1 Å². The van der Waals surface area contributed by atoms with Crippen LogP contribution in [0.5, 0.6) is 0 Å². The van der Waals surface area contributed by atoms with Crippen LogP contribution in [0.25, 0.3) is 11.1 Å². The minimum atomic E-state index is -0.452. The van der Waals surface area contributed by atoms with E-state index in [-0.39, 0.29) is 5.69 Å². The zero-order chi connectivity index (χ0) is 13.9. The lowest BCUT2D eigenvalue weighted by atomic mass is 10.2. The molecule has 7 heteroatoms. The van der Waals surface area contributed by atoms with E-state index in [4.69, 9.17) is 9.15 Å². The summed E-state index contributed by atoms with van der Waals surface area (Å²) >= 11 is 0. The van der Waals surface area contributed by atoms with E-state index < -0.39 is 4.92 Å². The van der Waals surface area contributed by atoms with Crippen LogP contribution in [0.15, 0.2) is 22.6 Å². The second kappa shape index (κ2) is 5.46. The summed E-state index contributed by atoms with van der Waals surface area (Å²) in [4.78, 5) is 14.5. The number of aromatic nitrogens is 1. The van der Waals surface area contributed by atoms with Gasteiger partial charge in [-0.1, -0.05) is 0 Å². The molecule has 1 N–H and O–H groups in total. The van der Waals surface area contributed by atoms with Gasteiger partial charge in [0.25, 0.3) is 11.7 Å². The predicted octanol–water partition coefficient (Wildman–Crippen LogP) is 2.72. The molecule has 0 saturated carbocycles. The maximum absolute atomic E-state index is 10.7. The molecule has 3 rings (SSSR count). The van der Waals surface area contributed by atoms with Crippen molar-refractivity contribution in [3.63, 3.8) is 0 Å². The minimum absolute atomic E-state index is 0.000411. The Balaban J connectivity index is 1.64. The standard InChI is InChI=1S/C13H15N3O4/c17-16(18)9-3-4-11-12(8-9)20-13(15-11)14-6-5-10-2-1-7-19-10/h3-4,8,10H,1-2,5-7H2,(H,14,15). The fraction of sp³-hybridized carbons (Fsp3) is 0.462. The molecule has 1 saturated heterocycles. The van der Waals surface area contributed by atoms with Gasteiger partial charge in [-0.25, -0.2) is 0 Å². The van der Waals surface area contributed by atoms with Crippen molar-refractivity contribution in [3.8, 4) is 0 Å². The van der Waals surface area contributed by atoms with E-state index in [1.807, 2.05) is 0 Å². The van der Waals surface area contributed by atoms with Gasteiger partial charge >= 0.3 is 0 Å². The Morgan fingerprint density at radius 3 is 3.15 bits per heavy atom. The molecule has 0 spiro atoms. The average Bonchev–Trinajstić information content (AvgIpc) is 3.06. The Kier molecular flexibility index (Phi) is 3.51. The molecule has 0 bridgehead atoms. The van der Waals surface area contributed by atoms with Gasteiger partial charge in [-0.3, -0.25) is 10.1 Å². The number of oxazole rings is 1. The number of benzene rings is 1. The van der Waals surface area contributed by atoms with E-state index >= 15 is 0 Å². The zero-order valence-corrected chi connectivity index (χ0v) is 10.9. The predicted molar refractivity (Wildman–Crippen MR) is 72.7 cm³/mol. The van der Waals surface area contributed by atoms with Gasteiger partial charge in [0.1, 0.15) is 5.52 Å². The number of nitro benzene ring substituents is 1. The number of rotatable bonds is 5. The van der Waals surface area contributed by atoms with Crippen LogP contribution < -0.4 is 5.32 Å². The molecule has 1 aliphatic heterocycles. The van der Waals surface area contributed by atoms with Gasteiger partial charge in [0.2, 0.25) is 0 Å². The first-order valence-electron chi connectivity index (χ1n) is 6.63. The van der Waals surface area contributed by atoms with Crippen LogP contribution in [0.1, 0.15) is 19.3 Å². The first kappa shape index (κ1) is 12.9. The summed E-state index contributed by atoms with van der Waals surface area (Å²) in [6, 6.07) is 4.77. The van der Waals surface area contributed by atoms with Crippen LogP contribution >= 0.6 is 0 Å². The largest absolute Gasteiger partial charge is 0.423 e. The number of nitrogens with one attached hydrogen (secondary N) is 1. The zero-order valence-electron chi connectivity index (χ0n) is 10.9. The fourth-order valence-electron chi connectivity index (χ4n) is 2.31. The Bertz CT molecular complexity index is 619. The average molecular weight is 277 g/mol. The lowest BCUT2D eigenvalue weighted by Crippen LogP contribution is -2.12. The molecule has 0 aliphatic carbocycles. The smallest absolute Gasteiger partial charge is 0.295 e. The second-order valence-electron chi connectivity index (χ2n) is 4.78. The van der Waals surface area contributed by atoms with Gasteiger partial charge in [-0.2, -0.15) is 4.98 Å². The Hall–Kier alpha value is -2.15. The van der Waals surface area contributed by atoms with Crippen molar-refractivity contribution in [2.75, 3.05) is 18.5 Å². The van der Waals surface area contributed by atoms with Crippen LogP contribution in [-0.2, 0) is 4.74 Å². The first-order chi connectivity index (χ1) is 9.72. The van der Waals surface area contributed by atoms with E-state index in [9.17, 15) is 10.1 Å². The second-order valence-corrected chi connectivity index (χ2v) is 4.78. The van der Waals surface area contributed by atoms with Crippen LogP contribution in [-0.4, -0.2) is 29.2 Å². The summed E-state index contributed by atoms with van der Waals surface area (Å²) in [6.07, 6.45) is 3.44. The van der Waals surface area contributed by atoms with Crippen molar-refractivity contribution in [2.24, 2.45) is 0 Å². The molecule has 1 aromatic carbocycles. The molecule has 7 nitrogen and oxygen atoms in total. The van der Waals surface area contributed by atoms with Gasteiger partial charge in [-0.15, -0.1) is 0 Å². The number of hydrogen-bond donors (Lipinski definition) is 1. The minimum Gasteiger partial charge on any atom is -0.423 e. The monoisotopic (exact) mass is 277 g/mol. The van der Waals surface area contributed by atoms with Crippen LogP contribution in [0.4, 0.5) is 11.7 Å². The van der Waals surface area contributed by atoms with Crippen molar-refractivity contribution in [1.29, 1.82) is 0 Å². The summed E-state index contributed by atoms with van der Waals surface area (Å²) in [6.45, 7) is 1.55. The molecular formula is C13H15N3O4. The summed E-state index contributed by atoms with van der Waals surface area (Å²) in [5.41, 5.74) is 1.02. The molecule has 0 radical (unpaired) electrons. The van der Waals surface area contributed by atoms with Crippen molar-refractivity contribution < 1.29 is 14.1 Å². The number of ether oxygens (including phenoxy) is 1. The number of nitro groups is 1. The third-order valence-corrected chi connectivity index (χ3v) is 3.35. The molecule has 1 unspecified atom stereocenters. The third kappa shape index (κ3) is 2.72. The molecular weight excluding hydrogens is 262 g/mol. The summed E-state index contributed by atoms with van der Waals surface area (Å²) in [5.74, 6) is 0. The summed E-state index contributed by atoms with van der Waals surface area (Å²) in [7, 11) is 0. The number of fused-ring (bicyclic) bond motifs is 1. The molecule has 1 fully saturated rings. The molecule has 1 aromatic heterocycles. The lowest BCUT2D eigenvalue weighted by Gasteiger charge is -2.08. The normalized spacial score (nSPS) is 18.5. The molecule has 1 atom stereocenters. The van der Waals surface area contributed by atoms with Gasteiger partial charge in [-0.05, 0) is 25.3 Å². The quantitative estimate of drug-likeness (QED) is 0.667. The Morgan fingerprint density at radius 1 is 1.50 bits per heavy atom. The van der Waals surface area contributed by atoms with E-state index in [2.05, 4.69) is 10.3 Å². The van der Waals surface area contributed by atoms with Gasteiger partial charge < -0.3 is 14.5 Å². The van der Waals surface area contributed by atoms with E-state index in [0.717, 1.165) is 25.9 Å². The van der Waals surface area contributed by atoms with Crippen molar-refractivity contribution in [1.82, 2.24) is 4.98 Å². The van der Waals surface area contributed by atoms with Crippen molar-refractivity contribution in [3.05, 3.63) is 28.3 Å². The highest BCUT2D eigenvalue weighted by Gasteiger charge is 2.15. The summed E-state index contributed by atoms with van der Waals surface area (Å²) < 4.78 is 11.0. The maximum atomic E-state index is 10.7. The van der Waals surface area contributed by atoms with Crippen molar-refractivity contribution >= 4 is 22.8 Å². The van der Waals surface area contributed by atoms with Crippen LogP contribution in [0.2, 0.25) is 0 Å². The SMILES string of the molecule is O=[N+]([O-])c1ccc2nc(NCCC3CCCO3)oc2c1. The van der Waals surface area contributed by atoms with Gasteiger partial charge in [0, 0.05) is 19.2 Å². The molecule has 2 aromatic rings. The number of anilines is 1. The number of hydrogen-bond acceptors (Lipinski definition) is 6. The van der Waals surface area contributed by atoms with Crippen LogP contribution in [0.3, 0.4) is 0 Å². The Morgan fingerprint density at radius 2 is 2.40 bits per heavy atom. The highest BCUT2D eigenvalue weighted by atomic mass is 16.6. The van der Waals surface area contributed by atoms with E-state index in [1.54, 1.807) is 6.07 Å². The third-order valence-electron chi connectivity index (χ3n) is 3.35. The molecule has 0 amide bonds. The highest BCUT2D eigenvalue weighted by molar-refractivity contribution is 5.77.